The second-order valence-corrected chi connectivity index (χ2v) is 7.98. The molecule has 0 saturated heterocycles. The third-order valence-electron chi connectivity index (χ3n) is 5.10. The molecule has 2 aromatic carbocycles. The SMILES string of the molecule is C=CCOc1ccc(/C=C/C(=O)N(Cc2nnc(-c3ccc(Cl)cc3)o2)C2CC2)cc1OC. The molecular weight excluding hydrogens is 442 g/mol. The highest BCUT2D eigenvalue weighted by atomic mass is 35.5. The standard InChI is InChI=1S/C25H24ClN3O4/c1-3-14-32-21-12-4-17(15-22(21)31-2)5-13-24(30)29(20-10-11-20)16-23-27-28-25(33-23)18-6-8-19(26)9-7-18/h3-9,12-13,15,20H,1,10-11,14,16H2,2H3/b13-5+. The fourth-order valence-corrected chi connectivity index (χ4v) is 3.39. The Labute approximate surface area is 197 Å². The first kappa shape index (κ1) is 22.6. The summed E-state index contributed by atoms with van der Waals surface area (Å²) in [5.41, 5.74) is 1.60. The van der Waals surface area contributed by atoms with Crippen molar-refractivity contribution in [3.05, 3.63) is 77.7 Å². The molecule has 0 spiro atoms. The summed E-state index contributed by atoms with van der Waals surface area (Å²) in [7, 11) is 1.58. The summed E-state index contributed by atoms with van der Waals surface area (Å²) in [4.78, 5) is 14.7. The van der Waals surface area contributed by atoms with Gasteiger partial charge in [0.1, 0.15) is 6.61 Å². The van der Waals surface area contributed by atoms with Crippen LogP contribution in [0.3, 0.4) is 0 Å². The van der Waals surface area contributed by atoms with Gasteiger partial charge in [0.2, 0.25) is 17.7 Å². The predicted molar refractivity (Wildman–Crippen MR) is 126 cm³/mol. The van der Waals surface area contributed by atoms with E-state index in [4.69, 9.17) is 25.5 Å². The van der Waals surface area contributed by atoms with Crippen molar-refractivity contribution in [2.45, 2.75) is 25.4 Å². The first-order chi connectivity index (χ1) is 16.1. The summed E-state index contributed by atoms with van der Waals surface area (Å²) in [5.74, 6) is 1.87. The van der Waals surface area contributed by atoms with E-state index in [-0.39, 0.29) is 18.5 Å². The zero-order valence-electron chi connectivity index (χ0n) is 18.2. The molecule has 0 N–H and O–H groups in total. The number of hydrogen-bond acceptors (Lipinski definition) is 6. The highest BCUT2D eigenvalue weighted by Gasteiger charge is 2.32. The Morgan fingerprint density at radius 3 is 2.70 bits per heavy atom. The number of amides is 1. The minimum atomic E-state index is -0.116. The second-order valence-electron chi connectivity index (χ2n) is 7.55. The van der Waals surface area contributed by atoms with Crippen molar-refractivity contribution in [3.63, 3.8) is 0 Å². The Morgan fingerprint density at radius 1 is 1.21 bits per heavy atom. The quantitative estimate of drug-likeness (QED) is 0.304. The number of methoxy groups -OCH3 is 1. The minimum absolute atomic E-state index is 0.116. The summed E-state index contributed by atoms with van der Waals surface area (Å²) in [6.45, 7) is 4.28. The van der Waals surface area contributed by atoms with Gasteiger partial charge in [-0.3, -0.25) is 4.79 Å². The summed E-state index contributed by atoms with van der Waals surface area (Å²) in [6.07, 6.45) is 6.89. The molecule has 1 saturated carbocycles. The second kappa shape index (κ2) is 10.4. The number of halogens is 1. The van der Waals surface area contributed by atoms with E-state index in [9.17, 15) is 4.79 Å². The van der Waals surface area contributed by atoms with Gasteiger partial charge in [-0.15, -0.1) is 10.2 Å². The maximum Gasteiger partial charge on any atom is 0.247 e. The molecule has 1 aromatic heterocycles. The average molecular weight is 466 g/mol. The lowest BCUT2D eigenvalue weighted by atomic mass is 10.2. The lowest BCUT2D eigenvalue weighted by molar-refractivity contribution is -0.127. The van der Waals surface area contributed by atoms with Crippen molar-refractivity contribution >= 4 is 23.6 Å². The van der Waals surface area contributed by atoms with Crippen molar-refractivity contribution < 1.29 is 18.7 Å². The topological polar surface area (TPSA) is 77.7 Å². The van der Waals surface area contributed by atoms with Crippen molar-refractivity contribution in [1.29, 1.82) is 0 Å². The van der Waals surface area contributed by atoms with Gasteiger partial charge in [-0.1, -0.05) is 30.3 Å². The smallest absolute Gasteiger partial charge is 0.247 e. The summed E-state index contributed by atoms with van der Waals surface area (Å²) in [6, 6.07) is 12.8. The molecule has 0 bridgehead atoms. The number of nitrogens with zero attached hydrogens (tertiary/aromatic N) is 3. The minimum Gasteiger partial charge on any atom is -0.493 e. The van der Waals surface area contributed by atoms with Crippen LogP contribution in [-0.4, -0.2) is 40.8 Å². The van der Waals surface area contributed by atoms with E-state index in [1.54, 1.807) is 42.4 Å². The molecule has 33 heavy (non-hydrogen) atoms. The summed E-state index contributed by atoms with van der Waals surface area (Å²) in [5, 5.41) is 8.85. The van der Waals surface area contributed by atoms with Crippen LogP contribution >= 0.6 is 11.6 Å². The van der Waals surface area contributed by atoms with Crippen LogP contribution in [0.2, 0.25) is 5.02 Å². The molecular formula is C25H24ClN3O4. The van der Waals surface area contributed by atoms with E-state index in [2.05, 4.69) is 16.8 Å². The zero-order valence-corrected chi connectivity index (χ0v) is 19.0. The normalized spacial score (nSPS) is 13.2. The van der Waals surface area contributed by atoms with Gasteiger partial charge in [0.25, 0.3) is 0 Å². The monoisotopic (exact) mass is 465 g/mol. The molecule has 1 amide bonds. The number of ether oxygens (including phenoxy) is 2. The first-order valence-electron chi connectivity index (χ1n) is 10.6. The molecule has 0 atom stereocenters. The van der Waals surface area contributed by atoms with Crippen molar-refractivity contribution in [2.75, 3.05) is 13.7 Å². The van der Waals surface area contributed by atoms with Crippen LogP contribution in [0, 0.1) is 0 Å². The van der Waals surface area contributed by atoms with Gasteiger partial charge >= 0.3 is 0 Å². The number of carbonyl (C=O) groups excluding carboxylic acids is 1. The van der Waals surface area contributed by atoms with Crippen LogP contribution in [0.5, 0.6) is 11.5 Å². The van der Waals surface area contributed by atoms with E-state index >= 15 is 0 Å². The van der Waals surface area contributed by atoms with Gasteiger partial charge in [-0.2, -0.15) is 0 Å². The van der Waals surface area contributed by atoms with Crippen LogP contribution < -0.4 is 9.47 Å². The van der Waals surface area contributed by atoms with Crippen molar-refractivity contribution in [1.82, 2.24) is 15.1 Å². The Kier molecular flexibility index (Phi) is 7.10. The average Bonchev–Trinajstić information content (AvgIpc) is 3.57. The van der Waals surface area contributed by atoms with Crippen LogP contribution in [0.4, 0.5) is 0 Å². The van der Waals surface area contributed by atoms with Crippen molar-refractivity contribution in [2.24, 2.45) is 0 Å². The van der Waals surface area contributed by atoms with Crippen molar-refractivity contribution in [3.8, 4) is 23.0 Å². The molecule has 3 aromatic rings. The highest BCUT2D eigenvalue weighted by molar-refractivity contribution is 6.30. The Balaban J connectivity index is 1.44. The fourth-order valence-electron chi connectivity index (χ4n) is 3.26. The molecule has 7 nitrogen and oxygen atoms in total. The number of hydrogen-bond donors (Lipinski definition) is 0. The maximum atomic E-state index is 12.9. The molecule has 1 aliphatic carbocycles. The van der Waals surface area contributed by atoms with Crippen LogP contribution in [0.1, 0.15) is 24.3 Å². The fraction of sp³-hybridized carbons (Fsp3) is 0.240. The first-order valence-corrected chi connectivity index (χ1v) is 10.9. The summed E-state index contributed by atoms with van der Waals surface area (Å²) < 4.78 is 16.7. The predicted octanol–water partition coefficient (Wildman–Crippen LogP) is 5.17. The van der Waals surface area contributed by atoms with Crippen LogP contribution in [-0.2, 0) is 11.3 Å². The van der Waals surface area contributed by atoms with E-state index in [0.29, 0.717) is 34.9 Å². The lowest BCUT2D eigenvalue weighted by Gasteiger charge is -2.18. The van der Waals surface area contributed by atoms with Crippen LogP contribution in [0.15, 0.2) is 65.6 Å². The Bertz CT molecular complexity index is 1150. The Morgan fingerprint density at radius 2 is 2.00 bits per heavy atom. The maximum absolute atomic E-state index is 12.9. The molecule has 0 unspecified atom stereocenters. The number of carbonyl (C=O) groups is 1. The molecule has 1 aliphatic rings. The van der Waals surface area contributed by atoms with E-state index in [0.717, 1.165) is 24.0 Å². The van der Waals surface area contributed by atoms with E-state index in [1.807, 2.05) is 30.3 Å². The molecule has 1 heterocycles. The van der Waals surface area contributed by atoms with E-state index < -0.39 is 0 Å². The van der Waals surface area contributed by atoms with Gasteiger partial charge in [0, 0.05) is 22.7 Å². The third kappa shape index (κ3) is 5.81. The lowest BCUT2D eigenvalue weighted by Crippen LogP contribution is -2.31. The molecule has 0 aliphatic heterocycles. The molecule has 4 rings (SSSR count). The van der Waals surface area contributed by atoms with Crippen LogP contribution in [0.25, 0.3) is 17.5 Å². The van der Waals surface area contributed by atoms with Gasteiger partial charge in [0.15, 0.2) is 11.5 Å². The molecule has 8 heteroatoms. The van der Waals surface area contributed by atoms with Gasteiger partial charge in [0.05, 0.1) is 13.7 Å². The molecule has 170 valence electrons. The van der Waals surface area contributed by atoms with Gasteiger partial charge in [-0.05, 0) is 60.9 Å². The number of rotatable bonds is 10. The van der Waals surface area contributed by atoms with Gasteiger partial charge < -0.3 is 18.8 Å². The molecule has 1 fully saturated rings. The largest absolute Gasteiger partial charge is 0.493 e. The third-order valence-corrected chi connectivity index (χ3v) is 5.35. The number of aromatic nitrogens is 2. The van der Waals surface area contributed by atoms with E-state index in [1.165, 1.54) is 0 Å². The Hall–Kier alpha value is -3.58. The van der Waals surface area contributed by atoms with Gasteiger partial charge in [-0.25, -0.2) is 0 Å². The summed E-state index contributed by atoms with van der Waals surface area (Å²) >= 11 is 5.93. The zero-order chi connectivity index (χ0) is 23.2. The number of benzene rings is 2. The molecule has 0 radical (unpaired) electrons. The highest BCUT2D eigenvalue weighted by Crippen LogP contribution is 2.31.